The zero-order chi connectivity index (χ0) is 13.9. The highest BCUT2D eigenvalue weighted by molar-refractivity contribution is 5.59. The van der Waals surface area contributed by atoms with Crippen LogP contribution in [0.25, 0.3) is 17.2 Å². The summed E-state index contributed by atoms with van der Waals surface area (Å²) in [5.74, 6) is 1.09. The Morgan fingerprint density at radius 3 is 2.70 bits per heavy atom. The van der Waals surface area contributed by atoms with Gasteiger partial charge in [0.25, 0.3) is 0 Å². The lowest BCUT2D eigenvalue weighted by molar-refractivity contribution is 0.398. The summed E-state index contributed by atoms with van der Waals surface area (Å²) < 4.78 is 5.03. The third kappa shape index (κ3) is 2.03. The van der Waals surface area contributed by atoms with E-state index >= 15 is 0 Å². The molecule has 3 rings (SSSR count). The number of methoxy groups -OCH3 is 1. The number of aromatic nitrogens is 6. The van der Waals surface area contributed by atoms with Crippen molar-refractivity contribution in [3.63, 3.8) is 0 Å². The van der Waals surface area contributed by atoms with Crippen molar-refractivity contribution in [2.45, 2.75) is 0 Å². The third-order valence-electron chi connectivity index (χ3n) is 2.65. The molecule has 0 saturated heterocycles. The minimum Gasteiger partial charge on any atom is -0.479 e. The molecule has 100 valence electrons. The summed E-state index contributed by atoms with van der Waals surface area (Å²) in [6.07, 6.45) is 1.33. The molecule has 8 nitrogen and oxygen atoms in total. The molecule has 0 fully saturated rings. The third-order valence-corrected chi connectivity index (χ3v) is 2.65. The van der Waals surface area contributed by atoms with Crippen LogP contribution in [-0.2, 0) is 0 Å². The number of hydrogen-bond acceptors (Lipinski definition) is 7. The van der Waals surface area contributed by atoms with Crippen LogP contribution in [0.4, 0.5) is 5.69 Å². The molecule has 0 radical (unpaired) electrons. The van der Waals surface area contributed by atoms with Crippen LogP contribution >= 0.6 is 0 Å². The van der Waals surface area contributed by atoms with Crippen molar-refractivity contribution >= 4 is 5.69 Å². The van der Waals surface area contributed by atoms with Gasteiger partial charge in [0.15, 0.2) is 0 Å². The van der Waals surface area contributed by atoms with Gasteiger partial charge in [0.2, 0.25) is 17.5 Å². The van der Waals surface area contributed by atoms with Crippen LogP contribution < -0.4 is 10.5 Å². The van der Waals surface area contributed by atoms with Crippen LogP contribution in [0.5, 0.6) is 5.88 Å². The summed E-state index contributed by atoms with van der Waals surface area (Å²) in [5, 5.41) is 12.2. The smallest absolute Gasteiger partial charge is 0.242 e. The fourth-order valence-electron chi connectivity index (χ4n) is 1.70. The number of rotatable bonds is 3. The van der Waals surface area contributed by atoms with Gasteiger partial charge in [0, 0.05) is 5.56 Å². The first kappa shape index (κ1) is 12.0. The zero-order valence-corrected chi connectivity index (χ0v) is 10.6. The molecule has 0 saturated carbocycles. The maximum Gasteiger partial charge on any atom is 0.242 e. The van der Waals surface area contributed by atoms with Crippen molar-refractivity contribution in [3.8, 4) is 23.1 Å². The fourth-order valence-corrected chi connectivity index (χ4v) is 1.70. The summed E-state index contributed by atoms with van der Waals surface area (Å²) in [7, 11) is 1.48. The Morgan fingerprint density at radius 2 is 1.95 bits per heavy atom. The van der Waals surface area contributed by atoms with Gasteiger partial charge in [-0.25, -0.2) is 4.98 Å². The first-order chi connectivity index (χ1) is 9.79. The van der Waals surface area contributed by atoms with Crippen molar-refractivity contribution in [2.75, 3.05) is 12.8 Å². The molecule has 0 spiro atoms. The van der Waals surface area contributed by atoms with E-state index < -0.39 is 0 Å². The van der Waals surface area contributed by atoms with Crippen LogP contribution in [0.15, 0.2) is 36.7 Å². The van der Waals surface area contributed by atoms with E-state index in [1.807, 2.05) is 30.3 Å². The van der Waals surface area contributed by atoms with Gasteiger partial charge in [-0.15, -0.1) is 15.0 Å². The number of anilines is 1. The van der Waals surface area contributed by atoms with Gasteiger partial charge in [0.1, 0.15) is 12.0 Å². The van der Waals surface area contributed by atoms with Crippen molar-refractivity contribution in [2.24, 2.45) is 0 Å². The minimum atomic E-state index is 0.256. The highest BCUT2D eigenvalue weighted by Crippen LogP contribution is 2.22. The van der Waals surface area contributed by atoms with Crippen molar-refractivity contribution in [1.82, 2.24) is 30.2 Å². The van der Waals surface area contributed by atoms with E-state index in [1.165, 1.54) is 18.2 Å². The standard InChI is InChI=1S/C12H11N7O/c1-20-12-9(13)11(14-7-15-12)19-17-10(16-18-19)8-5-3-2-4-6-8/h2-7H,13H2,1H3. The first-order valence-electron chi connectivity index (χ1n) is 5.80. The average Bonchev–Trinajstić information content (AvgIpc) is 2.98. The van der Waals surface area contributed by atoms with Crippen LogP contribution in [0.3, 0.4) is 0 Å². The molecule has 8 heteroatoms. The molecule has 1 aromatic carbocycles. The number of nitrogens with two attached hydrogens (primary N) is 1. The van der Waals surface area contributed by atoms with E-state index in [2.05, 4.69) is 25.4 Å². The van der Waals surface area contributed by atoms with Crippen LogP contribution in [0.2, 0.25) is 0 Å². The summed E-state index contributed by atoms with van der Waals surface area (Å²) in [5.41, 5.74) is 7.01. The first-order valence-corrected chi connectivity index (χ1v) is 5.80. The molecule has 20 heavy (non-hydrogen) atoms. The lowest BCUT2D eigenvalue weighted by Gasteiger charge is -2.05. The second-order valence-corrected chi connectivity index (χ2v) is 3.89. The molecule has 0 unspecified atom stereocenters. The second-order valence-electron chi connectivity index (χ2n) is 3.89. The molecule has 0 amide bonds. The quantitative estimate of drug-likeness (QED) is 0.746. The Morgan fingerprint density at radius 1 is 1.15 bits per heavy atom. The Labute approximate surface area is 114 Å². The Hall–Kier alpha value is -3.03. The van der Waals surface area contributed by atoms with Crippen LogP contribution in [0.1, 0.15) is 0 Å². The van der Waals surface area contributed by atoms with Crippen LogP contribution in [-0.4, -0.2) is 37.3 Å². The summed E-state index contributed by atoms with van der Waals surface area (Å²) in [6.45, 7) is 0. The number of nitrogen functional groups attached to an aromatic ring is 1. The molecule has 3 aromatic rings. The maximum atomic E-state index is 5.90. The predicted octanol–water partition coefficient (Wildman–Crippen LogP) is 0.710. The lowest BCUT2D eigenvalue weighted by atomic mass is 10.2. The number of tetrazole rings is 1. The molecule has 2 heterocycles. The molecule has 0 aliphatic rings. The highest BCUT2D eigenvalue weighted by Gasteiger charge is 2.14. The van der Waals surface area contributed by atoms with Crippen molar-refractivity contribution < 1.29 is 4.74 Å². The Bertz CT molecular complexity index is 726. The van der Waals surface area contributed by atoms with E-state index in [-0.39, 0.29) is 11.6 Å². The molecule has 2 N–H and O–H groups in total. The largest absolute Gasteiger partial charge is 0.479 e. The zero-order valence-electron chi connectivity index (χ0n) is 10.6. The molecule has 0 atom stereocenters. The molecular formula is C12H11N7O. The Balaban J connectivity index is 2.03. The van der Waals surface area contributed by atoms with Gasteiger partial charge in [-0.3, -0.25) is 0 Å². The van der Waals surface area contributed by atoms with Crippen LogP contribution in [0, 0.1) is 0 Å². The van der Waals surface area contributed by atoms with E-state index in [0.29, 0.717) is 11.6 Å². The predicted molar refractivity (Wildman–Crippen MR) is 71.1 cm³/mol. The highest BCUT2D eigenvalue weighted by atomic mass is 16.5. The Kier molecular flexibility index (Phi) is 2.96. The van der Waals surface area contributed by atoms with Gasteiger partial charge < -0.3 is 10.5 Å². The minimum absolute atomic E-state index is 0.256. The van der Waals surface area contributed by atoms with Gasteiger partial charge in [-0.05, 0) is 5.21 Å². The number of hydrogen-bond donors (Lipinski definition) is 1. The average molecular weight is 269 g/mol. The normalized spacial score (nSPS) is 10.4. The van der Waals surface area contributed by atoms with Gasteiger partial charge in [0.05, 0.1) is 7.11 Å². The van der Waals surface area contributed by atoms with E-state index in [0.717, 1.165) is 5.56 Å². The van der Waals surface area contributed by atoms with Gasteiger partial charge >= 0.3 is 0 Å². The summed E-state index contributed by atoms with van der Waals surface area (Å²) >= 11 is 0. The van der Waals surface area contributed by atoms with Crippen molar-refractivity contribution in [1.29, 1.82) is 0 Å². The summed E-state index contributed by atoms with van der Waals surface area (Å²) in [6, 6.07) is 9.51. The number of ether oxygens (including phenoxy) is 1. The molecule has 0 aliphatic carbocycles. The van der Waals surface area contributed by atoms with Gasteiger partial charge in [-0.2, -0.15) is 4.98 Å². The van der Waals surface area contributed by atoms with Gasteiger partial charge in [-0.1, -0.05) is 30.3 Å². The van der Waals surface area contributed by atoms with E-state index in [9.17, 15) is 0 Å². The molecule has 2 aromatic heterocycles. The number of benzene rings is 1. The summed E-state index contributed by atoms with van der Waals surface area (Å²) in [4.78, 5) is 9.20. The SMILES string of the molecule is COc1ncnc(-n2nnc(-c3ccccc3)n2)c1N. The van der Waals surface area contributed by atoms with Crippen molar-refractivity contribution in [3.05, 3.63) is 36.7 Å². The number of nitrogens with zero attached hydrogens (tertiary/aromatic N) is 6. The fraction of sp³-hybridized carbons (Fsp3) is 0.0833. The molecule has 0 aliphatic heterocycles. The lowest BCUT2D eigenvalue weighted by Crippen LogP contribution is -2.08. The monoisotopic (exact) mass is 269 g/mol. The molecular weight excluding hydrogens is 258 g/mol. The van der Waals surface area contributed by atoms with E-state index in [4.69, 9.17) is 10.5 Å². The maximum absolute atomic E-state index is 5.90. The molecule has 0 bridgehead atoms. The topological polar surface area (TPSA) is 105 Å². The second kappa shape index (κ2) is 4.92. The van der Waals surface area contributed by atoms with E-state index in [1.54, 1.807) is 0 Å².